The van der Waals surface area contributed by atoms with Crippen LogP contribution < -0.4 is 37.9 Å². The molecule has 0 spiro atoms. The smallest absolute Gasteiger partial charge is 0.203 e. The second kappa shape index (κ2) is 17.6. The molecule has 0 amide bonds. The lowest BCUT2D eigenvalue weighted by atomic mass is 10.00. The van der Waals surface area contributed by atoms with Crippen molar-refractivity contribution in [3.8, 4) is 57.5 Å². The summed E-state index contributed by atoms with van der Waals surface area (Å²) in [6.07, 6.45) is -0.968. The zero-order valence-electron chi connectivity index (χ0n) is 28.4. The van der Waals surface area contributed by atoms with Crippen molar-refractivity contribution in [2.24, 2.45) is 0 Å². The van der Waals surface area contributed by atoms with Gasteiger partial charge < -0.3 is 58.3 Å². The van der Waals surface area contributed by atoms with Crippen LogP contribution in [0.2, 0.25) is 0 Å². The molecular formula is C36H44O12. The molecule has 0 bridgehead atoms. The maximum absolute atomic E-state index is 10.5. The number of phenolic OH excluding ortho intramolecular Hbond substituents is 2. The van der Waals surface area contributed by atoms with Gasteiger partial charge in [-0.25, -0.2) is 0 Å². The number of aliphatic hydroxyl groups is 2. The lowest BCUT2D eigenvalue weighted by Gasteiger charge is -2.17. The summed E-state index contributed by atoms with van der Waals surface area (Å²) in [7, 11) is 12.1. The van der Waals surface area contributed by atoms with E-state index >= 15 is 0 Å². The Morgan fingerprint density at radius 1 is 0.417 bits per heavy atom. The van der Waals surface area contributed by atoms with E-state index in [-0.39, 0.29) is 11.5 Å². The molecule has 48 heavy (non-hydrogen) atoms. The van der Waals surface area contributed by atoms with Crippen molar-refractivity contribution in [2.75, 3.05) is 56.9 Å². The van der Waals surface area contributed by atoms with Crippen LogP contribution in [0.3, 0.4) is 0 Å². The lowest BCUT2D eigenvalue weighted by Crippen LogP contribution is -2.04. The number of hydrogen-bond donors (Lipinski definition) is 4. The summed E-state index contributed by atoms with van der Waals surface area (Å²) in [6, 6.07) is 16.9. The van der Waals surface area contributed by atoms with Crippen LogP contribution in [0, 0.1) is 0 Å². The van der Waals surface area contributed by atoms with Gasteiger partial charge in [-0.15, -0.1) is 0 Å². The van der Waals surface area contributed by atoms with Gasteiger partial charge in [0.25, 0.3) is 0 Å². The van der Waals surface area contributed by atoms with Crippen LogP contribution in [-0.4, -0.2) is 77.3 Å². The van der Waals surface area contributed by atoms with Crippen molar-refractivity contribution in [1.29, 1.82) is 0 Å². The van der Waals surface area contributed by atoms with Crippen molar-refractivity contribution in [3.63, 3.8) is 0 Å². The van der Waals surface area contributed by atoms with Gasteiger partial charge in [-0.3, -0.25) is 0 Å². The highest BCUT2D eigenvalue weighted by Crippen LogP contribution is 2.42. The Morgan fingerprint density at radius 3 is 0.938 bits per heavy atom. The number of aromatic hydroxyl groups is 2. The fourth-order valence-electron chi connectivity index (χ4n) is 4.99. The van der Waals surface area contributed by atoms with Crippen molar-refractivity contribution in [3.05, 3.63) is 82.9 Å². The fraction of sp³-hybridized carbons (Fsp3) is 0.333. The number of aliphatic hydroxyl groups excluding tert-OH is 2. The van der Waals surface area contributed by atoms with Crippen molar-refractivity contribution < 1.29 is 58.3 Å². The van der Waals surface area contributed by atoms with Gasteiger partial charge >= 0.3 is 0 Å². The van der Waals surface area contributed by atoms with Gasteiger partial charge in [0.2, 0.25) is 11.5 Å². The van der Waals surface area contributed by atoms with Crippen molar-refractivity contribution in [1.82, 2.24) is 0 Å². The first-order chi connectivity index (χ1) is 23.1. The highest BCUT2D eigenvalue weighted by atomic mass is 16.5. The fourth-order valence-corrected chi connectivity index (χ4v) is 4.99. The summed E-state index contributed by atoms with van der Waals surface area (Å²) in [6.45, 7) is 0. The zero-order chi connectivity index (χ0) is 35.4. The van der Waals surface area contributed by atoms with Crippen LogP contribution in [0.4, 0.5) is 0 Å². The van der Waals surface area contributed by atoms with Crippen molar-refractivity contribution >= 4 is 0 Å². The summed E-state index contributed by atoms with van der Waals surface area (Å²) in [5.74, 6) is 3.69. The summed E-state index contributed by atoms with van der Waals surface area (Å²) in [4.78, 5) is 0. The molecule has 0 aliphatic rings. The lowest BCUT2D eigenvalue weighted by molar-refractivity contribution is 0.177. The number of rotatable bonds is 14. The Kier molecular flexibility index (Phi) is 13.7. The second-order valence-corrected chi connectivity index (χ2v) is 10.4. The van der Waals surface area contributed by atoms with Crippen LogP contribution in [0.1, 0.15) is 34.5 Å². The molecule has 4 N–H and O–H groups in total. The van der Waals surface area contributed by atoms with Crippen LogP contribution in [-0.2, 0) is 12.8 Å². The number of ether oxygens (including phenoxy) is 8. The van der Waals surface area contributed by atoms with E-state index in [9.17, 15) is 20.4 Å². The van der Waals surface area contributed by atoms with Gasteiger partial charge in [0.15, 0.2) is 46.0 Å². The summed E-state index contributed by atoms with van der Waals surface area (Å²) in [5.41, 5.74) is 2.80. The summed E-state index contributed by atoms with van der Waals surface area (Å²) < 4.78 is 41.8. The van der Waals surface area contributed by atoms with Gasteiger partial charge in [0, 0.05) is 12.8 Å². The van der Waals surface area contributed by atoms with Crippen LogP contribution in [0.25, 0.3) is 0 Å². The number of hydrogen-bond acceptors (Lipinski definition) is 12. The number of phenols is 2. The third kappa shape index (κ3) is 8.99. The Balaban J connectivity index is 0.000000260. The topological polar surface area (TPSA) is 155 Å². The molecule has 0 saturated carbocycles. The van der Waals surface area contributed by atoms with E-state index in [1.807, 2.05) is 0 Å². The van der Waals surface area contributed by atoms with E-state index in [0.717, 1.165) is 11.1 Å². The summed E-state index contributed by atoms with van der Waals surface area (Å²) >= 11 is 0. The SMILES string of the molecule is COc1ccc(C[C@@H](O)c2cc(OC)c(OC)c(OC)c2)cc1O.COc1ccc(C[C@@H](O)c2cc(OC)c(OC)c(OC)c2)cc1O. The molecule has 0 aromatic heterocycles. The molecular weight excluding hydrogens is 624 g/mol. The van der Waals surface area contributed by atoms with Crippen LogP contribution >= 0.6 is 0 Å². The molecule has 0 heterocycles. The van der Waals surface area contributed by atoms with Gasteiger partial charge in [0.05, 0.1) is 69.1 Å². The minimum atomic E-state index is -0.800. The van der Waals surface area contributed by atoms with E-state index < -0.39 is 12.2 Å². The Hall–Kier alpha value is -5.20. The third-order valence-electron chi connectivity index (χ3n) is 7.49. The number of benzene rings is 4. The third-order valence-corrected chi connectivity index (χ3v) is 7.49. The average Bonchev–Trinajstić information content (AvgIpc) is 3.10. The first-order valence-electron chi connectivity index (χ1n) is 14.7. The van der Waals surface area contributed by atoms with Gasteiger partial charge in [0.1, 0.15) is 0 Å². The van der Waals surface area contributed by atoms with E-state index in [4.69, 9.17) is 37.9 Å². The molecule has 0 aliphatic heterocycles. The van der Waals surface area contributed by atoms with E-state index in [2.05, 4.69) is 0 Å². The Labute approximate surface area is 280 Å². The molecule has 4 aromatic rings. The predicted octanol–water partition coefficient (Wildman–Crippen LogP) is 5.41. The minimum absolute atomic E-state index is 0.0343. The molecule has 4 aromatic carbocycles. The molecule has 0 radical (unpaired) electrons. The van der Waals surface area contributed by atoms with Crippen LogP contribution in [0.15, 0.2) is 60.7 Å². The van der Waals surface area contributed by atoms with Gasteiger partial charge in [-0.05, 0) is 70.8 Å². The summed E-state index contributed by atoms with van der Waals surface area (Å²) in [5, 5.41) is 40.7. The highest BCUT2D eigenvalue weighted by Gasteiger charge is 2.20. The average molecular weight is 669 g/mol. The highest BCUT2D eigenvalue weighted by molar-refractivity contribution is 5.55. The first-order valence-corrected chi connectivity index (χ1v) is 14.7. The molecule has 12 heteroatoms. The Morgan fingerprint density at radius 2 is 0.708 bits per heavy atom. The van der Waals surface area contributed by atoms with Gasteiger partial charge in [-0.2, -0.15) is 0 Å². The standard InChI is InChI=1S/2C18H22O6/c2*1-21-15-6-5-11(8-14(15)20)7-13(19)12-9-16(22-2)18(24-4)17(10-12)23-3/h2*5-6,8-10,13,19-20H,7H2,1-4H3/t2*13-/m11/s1. The molecule has 12 nitrogen and oxygen atoms in total. The van der Waals surface area contributed by atoms with Crippen molar-refractivity contribution in [2.45, 2.75) is 25.0 Å². The predicted molar refractivity (Wildman–Crippen MR) is 179 cm³/mol. The molecule has 0 unspecified atom stereocenters. The number of methoxy groups -OCH3 is 8. The van der Waals surface area contributed by atoms with E-state index in [1.165, 1.54) is 56.9 Å². The quantitative estimate of drug-likeness (QED) is 0.136. The van der Waals surface area contributed by atoms with Crippen LogP contribution in [0.5, 0.6) is 57.5 Å². The monoisotopic (exact) mass is 668 g/mol. The molecule has 260 valence electrons. The zero-order valence-corrected chi connectivity index (χ0v) is 28.4. The molecule has 0 aliphatic carbocycles. The minimum Gasteiger partial charge on any atom is -0.504 e. The largest absolute Gasteiger partial charge is 0.504 e. The maximum Gasteiger partial charge on any atom is 0.203 e. The van der Waals surface area contributed by atoms with E-state index in [1.54, 1.807) is 60.7 Å². The molecule has 0 fully saturated rings. The van der Waals surface area contributed by atoms with Gasteiger partial charge in [-0.1, -0.05) is 12.1 Å². The molecule has 4 rings (SSSR count). The molecule has 2 atom stereocenters. The first kappa shape index (κ1) is 37.3. The molecule has 0 saturated heterocycles. The van der Waals surface area contributed by atoms with E-state index in [0.29, 0.717) is 70.0 Å². The normalized spacial score (nSPS) is 11.7. The second-order valence-electron chi connectivity index (χ2n) is 10.4. The Bertz CT molecular complexity index is 1470. The maximum atomic E-state index is 10.5.